The first-order valence-corrected chi connectivity index (χ1v) is 4.12. The molecule has 0 fully saturated rings. The minimum atomic E-state index is -0.503. The highest BCUT2D eigenvalue weighted by Gasteiger charge is 2.18. The monoisotopic (exact) mass is 196 g/mol. The van der Waals surface area contributed by atoms with Gasteiger partial charge >= 0.3 is 5.97 Å². The Hall–Kier alpha value is -1.49. The third kappa shape index (κ3) is 2.05. The maximum Gasteiger partial charge on any atom is 0.358 e. The van der Waals surface area contributed by atoms with E-state index < -0.39 is 5.97 Å². The number of methoxy groups -OCH3 is 2. The number of aromatic nitrogens is 2. The van der Waals surface area contributed by atoms with E-state index in [9.17, 15) is 4.79 Å². The molecule has 0 aliphatic rings. The SMILES string of the molecule is COC(=O)c1nccnc1C(C)OC. The average Bonchev–Trinajstić information content (AvgIpc) is 2.27. The number of ether oxygens (including phenoxy) is 2. The van der Waals surface area contributed by atoms with Crippen LogP contribution in [0.15, 0.2) is 12.4 Å². The zero-order valence-electron chi connectivity index (χ0n) is 8.35. The molecule has 0 N–H and O–H groups in total. The lowest BCUT2D eigenvalue weighted by Crippen LogP contribution is -2.12. The molecule has 0 saturated carbocycles. The first-order chi connectivity index (χ1) is 6.70. The summed E-state index contributed by atoms with van der Waals surface area (Å²) in [5, 5.41) is 0. The maximum atomic E-state index is 11.3. The van der Waals surface area contributed by atoms with E-state index in [2.05, 4.69) is 14.7 Å². The number of carbonyl (C=O) groups is 1. The van der Waals surface area contributed by atoms with Crippen LogP contribution in [0.5, 0.6) is 0 Å². The van der Waals surface area contributed by atoms with Gasteiger partial charge in [-0.3, -0.25) is 4.98 Å². The van der Waals surface area contributed by atoms with E-state index in [1.165, 1.54) is 19.5 Å². The summed E-state index contributed by atoms with van der Waals surface area (Å²) in [4.78, 5) is 19.2. The lowest BCUT2D eigenvalue weighted by Gasteiger charge is -2.10. The number of nitrogens with zero attached hydrogens (tertiary/aromatic N) is 2. The number of rotatable bonds is 3. The minimum Gasteiger partial charge on any atom is -0.464 e. The fourth-order valence-electron chi connectivity index (χ4n) is 1.01. The summed E-state index contributed by atoms with van der Waals surface area (Å²) in [5.74, 6) is -0.503. The van der Waals surface area contributed by atoms with Gasteiger partial charge in [0.05, 0.1) is 13.2 Å². The molecule has 1 atom stereocenters. The van der Waals surface area contributed by atoms with Crippen molar-refractivity contribution >= 4 is 5.97 Å². The molecule has 1 aromatic rings. The Morgan fingerprint density at radius 2 is 2.00 bits per heavy atom. The van der Waals surface area contributed by atoms with Crippen LogP contribution in [0.1, 0.15) is 29.2 Å². The zero-order chi connectivity index (χ0) is 10.6. The van der Waals surface area contributed by atoms with Crippen molar-refractivity contribution in [1.82, 2.24) is 9.97 Å². The van der Waals surface area contributed by atoms with Gasteiger partial charge in [-0.2, -0.15) is 0 Å². The van der Waals surface area contributed by atoms with Crippen LogP contribution in [0.2, 0.25) is 0 Å². The van der Waals surface area contributed by atoms with Gasteiger partial charge in [-0.05, 0) is 6.92 Å². The predicted octanol–water partition coefficient (Wildman–Crippen LogP) is 0.971. The van der Waals surface area contributed by atoms with Gasteiger partial charge in [0.2, 0.25) is 0 Å². The zero-order valence-corrected chi connectivity index (χ0v) is 8.35. The Labute approximate surface area is 82.1 Å². The summed E-state index contributed by atoms with van der Waals surface area (Å²) < 4.78 is 9.64. The molecule has 1 unspecified atom stereocenters. The molecule has 5 nitrogen and oxygen atoms in total. The minimum absolute atomic E-state index is 0.198. The van der Waals surface area contributed by atoms with Crippen LogP contribution in [0.4, 0.5) is 0 Å². The van der Waals surface area contributed by atoms with Gasteiger partial charge in [0.1, 0.15) is 5.69 Å². The van der Waals surface area contributed by atoms with Crippen molar-refractivity contribution in [2.24, 2.45) is 0 Å². The highest BCUT2D eigenvalue weighted by atomic mass is 16.5. The van der Waals surface area contributed by atoms with Gasteiger partial charge < -0.3 is 9.47 Å². The smallest absolute Gasteiger partial charge is 0.358 e. The van der Waals surface area contributed by atoms with Crippen molar-refractivity contribution in [1.29, 1.82) is 0 Å². The third-order valence-electron chi connectivity index (χ3n) is 1.84. The van der Waals surface area contributed by atoms with Crippen LogP contribution in [0, 0.1) is 0 Å². The molecule has 0 bridgehead atoms. The van der Waals surface area contributed by atoms with Crippen LogP contribution in [-0.2, 0) is 9.47 Å². The molecule has 0 aliphatic carbocycles. The largest absolute Gasteiger partial charge is 0.464 e. The van der Waals surface area contributed by atoms with E-state index in [-0.39, 0.29) is 11.8 Å². The van der Waals surface area contributed by atoms with E-state index >= 15 is 0 Å². The number of esters is 1. The number of hydrogen-bond acceptors (Lipinski definition) is 5. The fourth-order valence-corrected chi connectivity index (χ4v) is 1.01. The Bertz CT molecular complexity index is 328. The molecule has 0 saturated heterocycles. The Morgan fingerprint density at radius 1 is 1.36 bits per heavy atom. The van der Waals surface area contributed by atoms with Crippen LogP contribution < -0.4 is 0 Å². The predicted molar refractivity (Wildman–Crippen MR) is 48.8 cm³/mol. The van der Waals surface area contributed by atoms with Gasteiger partial charge in [-0.1, -0.05) is 0 Å². The molecule has 1 heterocycles. The molecule has 0 aromatic carbocycles. The highest BCUT2D eigenvalue weighted by Crippen LogP contribution is 2.16. The van der Waals surface area contributed by atoms with E-state index in [0.717, 1.165) is 0 Å². The van der Waals surface area contributed by atoms with Crippen molar-refractivity contribution in [3.8, 4) is 0 Å². The van der Waals surface area contributed by atoms with E-state index in [1.54, 1.807) is 14.0 Å². The second kappa shape index (κ2) is 4.66. The van der Waals surface area contributed by atoms with E-state index in [4.69, 9.17) is 4.74 Å². The normalized spacial score (nSPS) is 12.2. The summed E-state index contributed by atoms with van der Waals surface area (Å²) in [6.07, 6.45) is 2.67. The first-order valence-electron chi connectivity index (χ1n) is 4.12. The number of hydrogen-bond donors (Lipinski definition) is 0. The van der Waals surface area contributed by atoms with Crippen molar-refractivity contribution in [3.05, 3.63) is 23.8 Å². The summed E-state index contributed by atoms with van der Waals surface area (Å²) in [7, 11) is 2.85. The topological polar surface area (TPSA) is 61.3 Å². The Balaban J connectivity index is 3.09. The standard InChI is InChI=1S/C9H12N2O3/c1-6(13-2)7-8(9(12)14-3)11-5-4-10-7/h4-6H,1-3H3. The molecule has 1 aromatic heterocycles. The van der Waals surface area contributed by atoms with Crippen LogP contribution in [-0.4, -0.2) is 30.2 Å². The summed E-state index contributed by atoms with van der Waals surface area (Å²) in [6, 6.07) is 0. The molecule has 0 amide bonds. The van der Waals surface area contributed by atoms with Gasteiger partial charge in [0, 0.05) is 19.5 Å². The molecule has 0 spiro atoms. The van der Waals surface area contributed by atoms with E-state index in [0.29, 0.717) is 5.69 Å². The maximum absolute atomic E-state index is 11.3. The molecule has 14 heavy (non-hydrogen) atoms. The van der Waals surface area contributed by atoms with Gasteiger partial charge in [-0.25, -0.2) is 9.78 Å². The molecular weight excluding hydrogens is 184 g/mol. The third-order valence-corrected chi connectivity index (χ3v) is 1.84. The van der Waals surface area contributed by atoms with Gasteiger partial charge in [0.15, 0.2) is 5.69 Å². The first kappa shape index (κ1) is 10.6. The average molecular weight is 196 g/mol. The quantitative estimate of drug-likeness (QED) is 0.674. The molecule has 5 heteroatoms. The lowest BCUT2D eigenvalue weighted by molar-refractivity contribution is 0.0578. The second-order valence-corrected chi connectivity index (χ2v) is 2.66. The van der Waals surface area contributed by atoms with E-state index in [1.807, 2.05) is 0 Å². The second-order valence-electron chi connectivity index (χ2n) is 2.66. The molecule has 0 radical (unpaired) electrons. The molecule has 1 rings (SSSR count). The van der Waals surface area contributed by atoms with Gasteiger partial charge in [0.25, 0.3) is 0 Å². The molecular formula is C9H12N2O3. The highest BCUT2D eigenvalue weighted by molar-refractivity contribution is 5.88. The van der Waals surface area contributed by atoms with Gasteiger partial charge in [-0.15, -0.1) is 0 Å². The lowest BCUT2D eigenvalue weighted by atomic mass is 10.2. The van der Waals surface area contributed by atoms with Crippen LogP contribution in [0.25, 0.3) is 0 Å². The Kier molecular flexibility index (Phi) is 3.53. The number of carbonyl (C=O) groups excluding carboxylic acids is 1. The molecule has 76 valence electrons. The fraction of sp³-hybridized carbons (Fsp3) is 0.444. The van der Waals surface area contributed by atoms with Crippen LogP contribution >= 0.6 is 0 Å². The summed E-state index contributed by atoms with van der Waals surface area (Å²) >= 11 is 0. The van der Waals surface area contributed by atoms with Crippen molar-refractivity contribution < 1.29 is 14.3 Å². The molecule has 0 aliphatic heterocycles. The van der Waals surface area contributed by atoms with Crippen molar-refractivity contribution in [3.63, 3.8) is 0 Å². The van der Waals surface area contributed by atoms with Crippen LogP contribution in [0.3, 0.4) is 0 Å². The van der Waals surface area contributed by atoms with Crippen molar-refractivity contribution in [2.45, 2.75) is 13.0 Å². The summed E-state index contributed by atoms with van der Waals surface area (Å²) in [5.41, 5.74) is 0.686. The van der Waals surface area contributed by atoms with Crippen molar-refractivity contribution in [2.75, 3.05) is 14.2 Å². The summed E-state index contributed by atoms with van der Waals surface area (Å²) in [6.45, 7) is 1.79. The Morgan fingerprint density at radius 3 is 2.57 bits per heavy atom.